The van der Waals surface area contributed by atoms with E-state index in [1.807, 2.05) is 20.9 Å². The van der Waals surface area contributed by atoms with Gasteiger partial charge in [0.2, 0.25) is 5.89 Å². The van der Waals surface area contributed by atoms with E-state index in [-0.39, 0.29) is 24.0 Å². The number of rotatable bonds is 7. The van der Waals surface area contributed by atoms with E-state index in [9.17, 15) is 0 Å². The molecule has 178 valence electrons. The second-order valence-electron chi connectivity index (χ2n) is 9.53. The highest BCUT2D eigenvalue weighted by molar-refractivity contribution is 14.0. The summed E-state index contributed by atoms with van der Waals surface area (Å²) in [6, 6.07) is 0.536. The van der Waals surface area contributed by atoms with E-state index >= 15 is 0 Å². The van der Waals surface area contributed by atoms with E-state index in [1.165, 1.54) is 45.3 Å². The Morgan fingerprint density at radius 3 is 2.29 bits per heavy atom. The molecule has 0 saturated carbocycles. The van der Waals surface area contributed by atoms with Gasteiger partial charge < -0.3 is 20.0 Å². The number of aryl methyl sites for hydroxylation is 2. The van der Waals surface area contributed by atoms with Crippen LogP contribution in [0.1, 0.15) is 56.9 Å². The summed E-state index contributed by atoms with van der Waals surface area (Å²) in [6.45, 7) is 16.2. The highest BCUT2D eigenvalue weighted by Gasteiger charge is 2.23. The molecule has 7 nitrogen and oxygen atoms in total. The van der Waals surface area contributed by atoms with Crippen molar-refractivity contribution in [3.8, 4) is 0 Å². The largest absolute Gasteiger partial charge is 0.444 e. The smallest absolute Gasteiger partial charge is 0.208 e. The van der Waals surface area contributed by atoms with Crippen molar-refractivity contribution in [1.82, 2.24) is 25.4 Å². The van der Waals surface area contributed by atoms with Gasteiger partial charge in [-0.05, 0) is 64.5 Å². The molecule has 1 aromatic heterocycles. The lowest BCUT2D eigenvalue weighted by molar-refractivity contribution is 0.163. The minimum Gasteiger partial charge on any atom is -0.444 e. The minimum absolute atomic E-state index is 0. The summed E-state index contributed by atoms with van der Waals surface area (Å²) in [5, 5.41) is 7.23. The highest BCUT2D eigenvalue weighted by Crippen LogP contribution is 2.19. The fourth-order valence-corrected chi connectivity index (χ4v) is 4.55. The van der Waals surface area contributed by atoms with Crippen LogP contribution >= 0.6 is 24.0 Å². The summed E-state index contributed by atoms with van der Waals surface area (Å²) < 4.78 is 5.74. The molecule has 0 aliphatic carbocycles. The number of hydrogen-bond acceptors (Lipinski definition) is 5. The van der Waals surface area contributed by atoms with Gasteiger partial charge in [-0.1, -0.05) is 13.8 Å². The van der Waals surface area contributed by atoms with E-state index in [4.69, 9.17) is 4.42 Å². The highest BCUT2D eigenvalue weighted by atomic mass is 127. The lowest BCUT2D eigenvalue weighted by Crippen LogP contribution is -2.50. The molecule has 0 radical (unpaired) electrons. The van der Waals surface area contributed by atoms with Gasteiger partial charge in [0.1, 0.15) is 5.76 Å². The molecule has 8 heteroatoms. The molecule has 3 rings (SSSR count). The Balaban J connectivity index is 0.00000341. The van der Waals surface area contributed by atoms with Gasteiger partial charge >= 0.3 is 0 Å². The fraction of sp³-hybridized carbons (Fsp3) is 0.826. The summed E-state index contributed by atoms with van der Waals surface area (Å²) in [7, 11) is 1.88. The number of oxazole rings is 1. The Hall–Kier alpha value is -0.870. The summed E-state index contributed by atoms with van der Waals surface area (Å²) >= 11 is 0. The number of guanidine groups is 1. The number of halogens is 1. The third-order valence-corrected chi connectivity index (χ3v) is 6.47. The molecule has 2 fully saturated rings. The van der Waals surface area contributed by atoms with Crippen molar-refractivity contribution in [3.63, 3.8) is 0 Å². The van der Waals surface area contributed by atoms with Gasteiger partial charge in [0.05, 0.1) is 12.2 Å². The molecular formula is C23H43IN6O. The van der Waals surface area contributed by atoms with E-state index in [2.05, 4.69) is 44.3 Å². The Morgan fingerprint density at radius 2 is 1.74 bits per heavy atom. The maximum atomic E-state index is 5.74. The van der Waals surface area contributed by atoms with Crippen LogP contribution in [0.5, 0.6) is 0 Å². The van der Waals surface area contributed by atoms with Crippen LogP contribution in [0.25, 0.3) is 0 Å². The van der Waals surface area contributed by atoms with Gasteiger partial charge in [-0.3, -0.25) is 9.89 Å². The summed E-state index contributed by atoms with van der Waals surface area (Å²) in [5.41, 5.74) is 1.01. The van der Waals surface area contributed by atoms with Crippen LogP contribution in [-0.4, -0.2) is 73.1 Å². The van der Waals surface area contributed by atoms with Gasteiger partial charge in [-0.25, -0.2) is 4.98 Å². The SMILES string of the molecule is CN=C(NCC1CCN(Cc2nc(C)c(C)o2)CC1)NC1CCN(CC(C)C)CC1.I. The first-order chi connectivity index (χ1) is 14.4. The molecule has 0 bridgehead atoms. The average Bonchev–Trinajstić information content (AvgIpc) is 3.04. The van der Waals surface area contributed by atoms with Crippen LogP contribution in [0, 0.1) is 25.7 Å². The van der Waals surface area contributed by atoms with E-state index < -0.39 is 0 Å². The van der Waals surface area contributed by atoms with Crippen molar-refractivity contribution < 1.29 is 4.42 Å². The zero-order valence-corrected chi connectivity index (χ0v) is 22.4. The number of likely N-dealkylation sites (tertiary alicyclic amines) is 2. The van der Waals surface area contributed by atoms with Crippen molar-refractivity contribution in [2.75, 3.05) is 46.3 Å². The van der Waals surface area contributed by atoms with Crippen LogP contribution in [-0.2, 0) is 6.54 Å². The lowest BCUT2D eigenvalue weighted by Gasteiger charge is -2.34. The number of nitrogens with zero attached hydrogens (tertiary/aromatic N) is 4. The molecule has 3 heterocycles. The molecular weight excluding hydrogens is 503 g/mol. The van der Waals surface area contributed by atoms with Crippen molar-refractivity contribution >= 4 is 29.9 Å². The third-order valence-electron chi connectivity index (χ3n) is 6.47. The quantitative estimate of drug-likeness (QED) is 0.311. The molecule has 0 atom stereocenters. The first-order valence-electron chi connectivity index (χ1n) is 11.8. The maximum absolute atomic E-state index is 5.74. The predicted octanol–water partition coefficient (Wildman–Crippen LogP) is 3.41. The molecule has 31 heavy (non-hydrogen) atoms. The summed E-state index contributed by atoms with van der Waals surface area (Å²) in [5.74, 6) is 4.20. The van der Waals surface area contributed by atoms with Crippen LogP contribution in [0.4, 0.5) is 0 Å². The first-order valence-corrected chi connectivity index (χ1v) is 11.8. The molecule has 0 unspecified atom stereocenters. The van der Waals surface area contributed by atoms with Gasteiger partial charge in [0, 0.05) is 39.3 Å². The number of aromatic nitrogens is 1. The van der Waals surface area contributed by atoms with Gasteiger partial charge in [0.15, 0.2) is 5.96 Å². The third kappa shape index (κ3) is 8.53. The molecule has 0 amide bonds. The number of nitrogens with one attached hydrogen (secondary N) is 2. The molecule has 2 N–H and O–H groups in total. The zero-order chi connectivity index (χ0) is 21.5. The molecule has 0 aromatic carbocycles. The Morgan fingerprint density at radius 1 is 1.10 bits per heavy atom. The average molecular weight is 547 g/mol. The van der Waals surface area contributed by atoms with Crippen LogP contribution in [0.15, 0.2) is 9.41 Å². The summed E-state index contributed by atoms with van der Waals surface area (Å²) in [4.78, 5) is 14.0. The normalized spacial score (nSPS) is 20.1. The maximum Gasteiger partial charge on any atom is 0.208 e. The topological polar surface area (TPSA) is 68.9 Å². The fourth-order valence-electron chi connectivity index (χ4n) is 4.55. The Bertz CT molecular complexity index is 656. The van der Waals surface area contributed by atoms with Gasteiger partial charge in [-0.15, -0.1) is 24.0 Å². The number of piperidine rings is 2. The molecule has 2 saturated heterocycles. The second kappa shape index (κ2) is 13.0. The van der Waals surface area contributed by atoms with Crippen molar-refractivity contribution in [1.29, 1.82) is 0 Å². The number of aliphatic imine (C=N–C) groups is 1. The molecule has 2 aliphatic heterocycles. The molecule has 0 spiro atoms. The standard InChI is InChI=1S/C23H42N6O.HI/c1-17(2)15-28-12-8-21(9-13-28)27-23(24-5)25-14-20-6-10-29(11-7-20)16-22-26-18(3)19(4)30-22;/h17,20-21H,6-16H2,1-5H3,(H2,24,25,27);1H. The van der Waals surface area contributed by atoms with E-state index in [1.54, 1.807) is 0 Å². The van der Waals surface area contributed by atoms with Crippen molar-refractivity contribution in [3.05, 3.63) is 17.3 Å². The predicted molar refractivity (Wildman–Crippen MR) is 138 cm³/mol. The first kappa shape index (κ1) is 26.4. The van der Waals surface area contributed by atoms with Crippen molar-refractivity contribution in [2.45, 2.75) is 66.0 Å². The second-order valence-corrected chi connectivity index (χ2v) is 9.53. The molecule has 2 aliphatic rings. The minimum atomic E-state index is 0. The molecule has 1 aromatic rings. The Kier molecular flexibility index (Phi) is 11.1. The van der Waals surface area contributed by atoms with Crippen LogP contribution in [0.3, 0.4) is 0 Å². The van der Waals surface area contributed by atoms with Crippen LogP contribution in [0.2, 0.25) is 0 Å². The monoisotopic (exact) mass is 546 g/mol. The van der Waals surface area contributed by atoms with Gasteiger partial charge in [0.25, 0.3) is 0 Å². The van der Waals surface area contributed by atoms with E-state index in [0.717, 1.165) is 55.4 Å². The summed E-state index contributed by atoms with van der Waals surface area (Å²) in [6.07, 6.45) is 4.81. The zero-order valence-electron chi connectivity index (χ0n) is 20.1. The van der Waals surface area contributed by atoms with Gasteiger partial charge in [-0.2, -0.15) is 0 Å². The van der Waals surface area contributed by atoms with Crippen molar-refractivity contribution in [2.24, 2.45) is 16.8 Å². The lowest BCUT2D eigenvalue weighted by atomic mass is 9.97. The Labute approximate surface area is 205 Å². The van der Waals surface area contributed by atoms with Crippen LogP contribution < -0.4 is 10.6 Å². The van der Waals surface area contributed by atoms with E-state index in [0.29, 0.717) is 12.0 Å². The number of hydrogen-bond donors (Lipinski definition) is 2.